The van der Waals surface area contributed by atoms with Crippen LogP contribution in [0.25, 0.3) is 10.9 Å². The van der Waals surface area contributed by atoms with Gasteiger partial charge < -0.3 is 26.5 Å². The molecule has 0 fully saturated rings. The number of benzene rings is 3. The Hall–Kier alpha value is -4.48. The van der Waals surface area contributed by atoms with E-state index < -0.39 is 33.4 Å². The number of Topliss-reactive ketones (excluding diaryl/α,β-unsaturated/α-hetero) is 1. The Bertz CT molecular complexity index is 1680. The van der Waals surface area contributed by atoms with Crippen molar-refractivity contribution < 1.29 is 27.5 Å². The first kappa shape index (κ1) is 28.5. The van der Waals surface area contributed by atoms with Crippen LogP contribution in [-0.2, 0) is 34.0 Å². The first-order chi connectivity index (χ1) is 19.2. The fourth-order valence-electron chi connectivity index (χ4n) is 4.43. The molecule has 1 aromatic heterocycles. The number of aromatic amines is 1. The number of primary amides is 1. The van der Waals surface area contributed by atoms with Crippen LogP contribution in [0, 0.1) is 0 Å². The minimum atomic E-state index is -4.17. The van der Waals surface area contributed by atoms with E-state index in [-0.39, 0.29) is 34.9 Å². The number of hydrogen-bond donors (Lipinski definition) is 4. The lowest BCUT2D eigenvalue weighted by molar-refractivity contribution is -0.117. The lowest BCUT2D eigenvalue weighted by Gasteiger charge is -2.13. The first-order valence-electron chi connectivity index (χ1n) is 12.6. The number of nitrogens with two attached hydrogens (primary N) is 2. The molecule has 1 heterocycles. The van der Waals surface area contributed by atoms with Crippen molar-refractivity contribution in [2.45, 2.75) is 31.2 Å². The van der Waals surface area contributed by atoms with Crippen LogP contribution in [0.2, 0.25) is 0 Å². The molecule has 208 valence electrons. The molecule has 0 saturated heterocycles. The molecular weight excluding hydrogens is 532 g/mol. The highest BCUT2D eigenvalue weighted by molar-refractivity contribution is 7.91. The molecule has 0 bridgehead atoms. The van der Waals surface area contributed by atoms with Crippen LogP contribution in [0.5, 0.6) is 5.75 Å². The molecule has 4 rings (SSSR count). The molecule has 0 spiro atoms. The molecule has 4 aromatic rings. The van der Waals surface area contributed by atoms with Gasteiger partial charge in [0.15, 0.2) is 5.94 Å². The molecule has 6 N–H and O–H groups in total. The summed E-state index contributed by atoms with van der Waals surface area (Å²) in [6, 6.07) is 18.3. The van der Waals surface area contributed by atoms with Gasteiger partial charge in [-0.25, -0.2) is 8.42 Å². The van der Waals surface area contributed by atoms with Gasteiger partial charge in [-0.05, 0) is 54.8 Å². The monoisotopic (exact) mass is 562 g/mol. The van der Waals surface area contributed by atoms with E-state index in [1.165, 1.54) is 18.2 Å². The van der Waals surface area contributed by atoms with Crippen LogP contribution in [0.3, 0.4) is 0 Å². The van der Waals surface area contributed by atoms with Crippen molar-refractivity contribution in [2.75, 3.05) is 12.5 Å². The lowest BCUT2D eigenvalue weighted by Crippen LogP contribution is -2.31. The Morgan fingerprint density at radius 3 is 2.40 bits per heavy atom. The van der Waals surface area contributed by atoms with Gasteiger partial charge in [-0.1, -0.05) is 49.4 Å². The number of aromatic nitrogens is 1. The molecule has 0 aliphatic rings. The third-order valence-corrected chi connectivity index (χ3v) is 7.83. The zero-order valence-corrected chi connectivity index (χ0v) is 22.7. The largest absolute Gasteiger partial charge is 0.477 e. The van der Waals surface area contributed by atoms with Gasteiger partial charge in [0.1, 0.15) is 5.75 Å². The smallest absolute Gasteiger partial charge is 0.292 e. The van der Waals surface area contributed by atoms with Crippen LogP contribution < -0.4 is 21.5 Å². The van der Waals surface area contributed by atoms with Crippen molar-refractivity contribution >= 4 is 38.3 Å². The third kappa shape index (κ3) is 6.05. The Morgan fingerprint density at radius 1 is 0.975 bits per heavy atom. The molecule has 2 amide bonds. The summed E-state index contributed by atoms with van der Waals surface area (Å²) >= 11 is 0. The zero-order valence-electron chi connectivity index (χ0n) is 21.9. The molecule has 3 aromatic carbocycles. The summed E-state index contributed by atoms with van der Waals surface area (Å²) in [4.78, 5) is 41.0. The van der Waals surface area contributed by atoms with Gasteiger partial charge in [0.25, 0.3) is 11.7 Å². The average molecular weight is 563 g/mol. The molecule has 0 atom stereocenters. The van der Waals surface area contributed by atoms with Gasteiger partial charge in [-0.2, -0.15) is 0 Å². The van der Waals surface area contributed by atoms with Crippen LogP contribution in [-0.4, -0.2) is 43.5 Å². The minimum absolute atomic E-state index is 0.0926. The highest BCUT2D eigenvalue weighted by Crippen LogP contribution is 2.33. The second-order valence-electron chi connectivity index (χ2n) is 9.12. The number of rotatable bonds is 12. The second-order valence-corrected chi connectivity index (χ2v) is 11.0. The van der Waals surface area contributed by atoms with Crippen molar-refractivity contribution in [3.8, 4) is 5.75 Å². The minimum Gasteiger partial charge on any atom is -0.477 e. The fraction of sp³-hybridized carbons (Fsp3) is 0.207. The van der Waals surface area contributed by atoms with Gasteiger partial charge in [-0.15, -0.1) is 0 Å². The quantitative estimate of drug-likeness (QED) is 0.152. The molecule has 0 radical (unpaired) electrons. The Kier molecular flexibility index (Phi) is 8.66. The number of amides is 2. The summed E-state index contributed by atoms with van der Waals surface area (Å²) in [5.74, 6) is -3.21. The number of hydrogen-bond acceptors (Lipinski definition) is 7. The van der Waals surface area contributed by atoms with E-state index in [4.69, 9.17) is 16.2 Å². The van der Waals surface area contributed by atoms with Gasteiger partial charge in [0.05, 0.1) is 26.9 Å². The molecule has 40 heavy (non-hydrogen) atoms. The van der Waals surface area contributed by atoms with E-state index in [9.17, 15) is 22.8 Å². The normalized spacial score (nSPS) is 11.3. The molecule has 0 saturated carbocycles. The predicted octanol–water partition coefficient (Wildman–Crippen LogP) is 2.64. The van der Waals surface area contributed by atoms with E-state index in [0.29, 0.717) is 35.0 Å². The van der Waals surface area contributed by atoms with Gasteiger partial charge in [-0.3, -0.25) is 14.4 Å². The maximum Gasteiger partial charge on any atom is 0.292 e. The highest BCUT2D eigenvalue weighted by Gasteiger charge is 2.27. The van der Waals surface area contributed by atoms with Gasteiger partial charge in [0, 0.05) is 12.2 Å². The van der Waals surface area contributed by atoms with Crippen molar-refractivity contribution in [3.63, 3.8) is 0 Å². The number of sulfone groups is 1. The summed E-state index contributed by atoms with van der Waals surface area (Å²) in [6.07, 6.45) is 0.818. The van der Waals surface area contributed by atoms with Crippen molar-refractivity contribution in [3.05, 3.63) is 94.7 Å². The molecule has 0 aliphatic carbocycles. The molecule has 11 heteroatoms. The van der Waals surface area contributed by atoms with Gasteiger partial charge >= 0.3 is 0 Å². The second kappa shape index (κ2) is 12.1. The number of nitrogens with one attached hydrogen (secondary N) is 2. The average Bonchev–Trinajstić information content (AvgIpc) is 3.34. The fourth-order valence-corrected chi connectivity index (χ4v) is 5.68. The van der Waals surface area contributed by atoms with E-state index in [1.54, 1.807) is 18.2 Å². The maximum atomic E-state index is 13.3. The number of carbonyl (C=O) groups is 3. The maximum absolute atomic E-state index is 13.3. The van der Waals surface area contributed by atoms with Crippen molar-refractivity contribution in [1.82, 2.24) is 10.3 Å². The number of carbonyl (C=O) groups excluding carboxylic acids is 3. The van der Waals surface area contributed by atoms with E-state index in [1.807, 2.05) is 37.3 Å². The van der Waals surface area contributed by atoms with E-state index in [0.717, 1.165) is 5.56 Å². The molecule has 0 aliphatic heterocycles. The summed E-state index contributed by atoms with van der Waals surface area (Å²) in [5, 5.41) is 2.93. The topological polar surface area (TPSA) is 174 Å². The number of aryl methyl sites for hydroxylation is 1. The number of ketones is 1. The Balaban J connectivity index is 1.66. The van der Waals surface area contributed by atoms with Crippen molar-refractivity contribution in [2.24, 2.45) is 11.5 Å². The lowest BCUT2D eigenvalue weighted by atomic mass is 10.0. The third-order valence-electron chi connectivity index (χ3n) is 6.40. The van der Waals surface area contributed by atoms with Crippen LogP contribution in [0.15, 0.2) is 71.6 Å². The first-order valence-corrected chi connectivity index (χ1v) is 14.3. The SMILES string of the molecule is CCc1[nH]c2cccc(OCS(=O)(=O)c3cc(CCN)ccc3C(N)=O)c2c1C(=O)C(=O)NCc1ccccc1. The predicted molar refractivity (Wildman–Crippen MR) is 151 cm³/mol. The summed E-state index contributed by atoms with van der Waals surface area (Å²) in [6.45, 7) is 2.28. The standard InChI is InChI=1S/C29H30N4O6S/c1-2-21-26(27(34)29(36)32-16-19-7-4-3-5-8-19)25-22(33-21)9-6-10-23(25)39-17-40(37,38)24-15-18(13-14-30)11-12-20(24)28(31)35/h3-12,15,33H,2,13-14,16-17,30H2,1H3,(H2,31,35)(H,32,36). The van der Waals surface area contributed by atoms with E-state index in [2.05, 4.69) is 10.3 Å². The van der Waals surface area contributed by atoms with Crippen molar-refractivity contribution in [1.29, 1.82) is 0 Å². The van der Waals surface area contributed by atoms with Gasteiger partial charge in [0.2, 0.25) is 15.7 Å². The molecule has 10 nitrogen and oxygen atoms in total. The zero-order chi connectivity index (χ0) is 28.9. The van der Waals surface area contributed by atoms with Crippen LogP contribution in [0.1, 0.15) is 44.5 Å². The summed E-state index contributed by atoms with van der Waals surface area (Å²) < 4.78 is 32.4. The number of H-pyrrole nitrogens is 1. The molecular formula is C29H30N4O6S. The Morgan fingerprint density at radius 2 is 1.73 bits per heavy atom. The summed E-state index contributed by atoms with van der Waals surface area (Å²) in [7, 11) is -4.17. The van der Waals surface area contributed by atoms with Crippen LogP contribution >= 0.6 is 0 Å². The summed E-state index contributed by atoms with van der Waals surface area (Å²) in [5.41, 5.74) is 13.5. The van der Waals surface area contributed by atoms with E-state index >= 15 is 0 Å². The Labute approximate surface area is 231 Å². The number of ether oxygens (including phenoxy) is 1. The number of fused-ring (bicyclic) bond motifs is 1. The molecule has 0 unspecified atom stereocenters. The highest BCUT2D eigenvalue weighted by atomic mass is 32.2. The van der Waals surface area contributed by atoms with Crippen LogP contribution in [0.4, 0.5) is 0 Å².